The quantitative estimate of drug-likeness (QED) is 0.485. The SMILES string of the molecule is COC(=O)/C=C(/Nc1ccc(C)cc1O)C(=O)OC. The van der Waals surface area contributed by atoms with E-state index in [4.69, 9.17) is 0 Å². The Bertz CT molecular complexity index is 522. The van der Waals surface area contributed by atoms with Gasteiger partial charge in [-0.15, -0.1) is 0 Å². The minimum absolute atomic E-state index is 0.0420. The van der Waals surface area contributed by atoms with Crippen molar-refractivity contribution in [1.82, 2.24) is 0 Å². The fourth-order valence-electron chi connectivity index (χ4n) is 1.33. The van der Waals surface area contributed by atoms with Crippen molar-refractivity contribution in [3.8, 4) is 5.75 Å². The first-order chi connectivity index (χ1) is 8.97. The van der Waals surface area contributed by atoms with Gasteiger partial charge in [0.15, 0.2) is 0 Å². The lowest BCUT2D eigenvalue weighted by molar-refractivity contribution is -0.138. The number of methoxy groups -OCH3 is 2. The highest BCUT2D eigenvalue weighted by Gasteiger charge is 2.14. The number of aryl methyl sites for hydroxylation is 1. The van der Waals surface area contributed by atoms with Gasteiger partial charge in [0.25, 0.3) is 0 Å². The smallest absolute Gasteiger partial charge is 0.354 e. The summed E-state index contributed by atoms with van der Waals surface area (Å²) in [7, 11) is 2.38. The van der Waals surface area contributed by atoms with Gasteiger partial charge < -0.3 is 19.9 Å². The van der Waals surface area contributed by atoms with Gasteiger partial charge in [-0.2, -0.15) is 0 Å². The average Bonchev–Trinajstić information content (AvgIpc) is 2.39. The molecule has 0 aliphatic rings. The molecule has 0 fully saturated rings. The van der Waals surface area contributed by atoms with Gasteiger partial charge in [0.2, 0.25) is 0 Å². The molecule has 0 bridgehead atoms. The molecule has 1 aromatic rings. The lowest BCUT2D eigenvalue weighted by atomic mass is 10.2. The zero-order chi connectivity index (χ0) is 14.4. The minimum atomic E-state index is -0.745. The average molecular weight is 265 g/mol. The molecule has 2 N–H and O–H groups in total. The largest absolute Gasteiger partial charge is 0.506 e. The number of carbonyl (C=O) groups excluding carboxylic acids is 2. The van der Waals surface area contributed by atoms with E-state index < -0.39 is 11.9 Å². The van der Waals surface area contributed by atoms with Crippen LogP contribution in [0.1, 0.15) is 5.56 Å². The van der Waals surface area contributed by atoms with Crippen molar-refractivity contribution in [3.05, 3.63) is 35.5 Å². The van der Waals surface area contributed by atoms with Crippen LogP contribution in [0.4, 0.5) is 5.69 Å². The van der Waals surface area contributed by atoms with Gasteiger partial charge in [0.1, 0.15) is 11.4 Å². The van der Waals surface area contributed by atoms with Crippen molar-refractivity contribution in [2.75, 3.05) is 19.5 Å². The Kier molecular flexibility index (Phi) is 4.93. The zero-order valence-corrected chi connectivity index (χ0v) is 10.9. The van der Waals surface area contributed by atoms with E-state index in [9.17, 15) is 14.7 Å². The lowest BCUT2D eigenvalue weighted by Crippen LogP contribution is -2.15. The number of esters is 2. The normalized spacial score (nSPS) is 10.8. The summed E-state index contributed by atoms with van der Waals surface area (Å²) in [4.78, 5) is 22.7. The van der Waals surface area contributed by atoms with Crippen molar-refractivity contribution >= 4 is 17.6 Å². The molecule has 19 heavy (non-hydrogen) atoms. The van der Waals surface area contributed by atoms with Crippen molar-refractivity contribution in [1.29, 1.82) is 0 Å². The summed E-state index contributed by atoms with van der Waals surface area (Å²) in [6.45, 7) is 1.81. The molecule has 6 heteroatoms. The molecule has 6 nitrogen and oxygen atoms in total. The summed E-state index contributed by atoms with van der Waals surface area (Å²) >= 11 is 0. The van der Waals surface area contributed by atoms with Crippen LogP contribution in [0.3, 0.4) is 0 Å². The Morgan fingerprint density at radius 1 is 1.26 bits per heavy atom. The Labute approximate surface area is 110 Å². The molecule has 0 aromatic heterocycles. The lowest BCUT2D eigenvalue weighted by Gasteiger charge is -2.10. The van der Waals surface area contributed by atoms with Crippen molar-refractivity contribution in [3.63, 3.8) is 0 Å². The maximum atomic E-state index is 11.5. The van der Waals surface area contributed by atoms with Gasteiger partial charge in [-0.05, 0) is 24.6 Å². The van der Waals surface area contributed by atoms with Crippen LogP contribution in [0.2, 0.25) is 0 Å². The van der Waals surface area contributed by atoms with Crippen LogP contribution in [0.5, 0.6) is 5.75 Å². The molecule has 0 heterocycles. The summed E-state index contributed by atoms with van der Waals surface area (Å²) in [5.41, 5.74) is 1.01. The van der Waals surface area contributed by atoms with Gasteiger partial charge in [-0.1, -0.05) is 6.07 Å². The van der Waals surface area contributed by atoms with Gasteiger partial charge >= 0.3 is 11.9 Å². The number of aromatic hydroxyl groups is 1. The second-order valence-electron chi connectivity index (χ2n) is 3.72. The molecule has 0 aliphatic heterocycles. The molecule has 0 aliphatic carbocycles. The highest BCUT2D eigenvalue weighted by Crippen LogP contribution is 2.25. The summed E-state index contributed by atoms with van der Waals surface area (Å²) in [5, 5.41) is 12.4. The number of phenolic OH excluding ortho intramolecular Hbond substituents is 1. The molecule has 0 spiro atoms. The zero-order valence-electron chi connectivity index (χ0n) is 10.9. The van der Waals surface area contributed by atoms with Crippen LogP contribution >= 0.6 is 0 Å². The summed E-state index contributed by atoms with van der Waals surface area (Å²) < 4.78 is 8.97. The predicted octanol–water partition coefficient (Wildman–Crippen LogP) is 1.34. The Morgan fingerprint density at radius 2 is 1.95 bits per heavy atom. The Hall–Kier alpha value is -2.50. The number of phenols is 1. The number of anilines is 1. The fraction of sp³-hybridized carbons (Fsp3) is 0.231. The van der Waals surface area contributed by atoms with Crippen LogP contribution < -0.4 is 5.32 Å². The van der Waals surface area contributed by atoms with E-state index in [2.05, 4.69) is 14.8 Å². The van der Waals surface area contributed by atoms with Crippen molar-refractivity contribution < 1.29 is 24.2 Å². The number of carbonyl (C=O) groups is 2. The molecule has 0 unspecified atom stereocenters. The summed E-state index contributed by atoms with van der Waals surface area (Å²) in [6.07, 6.45) is 0.950. The standard InChI is InChI=1S/C13H15NO5/c1-8-4-5-9(11(15)6-8)14-10(13(17)19-3)7-12(16)18-2/h4-7,14-15H,1-3H3/b10-7+. The van der Waals surface area contributed by atoms with E-state index >= 15 is 0 Å². The molecular formula is C13H15NO5. The van der Waals surface area contributed by atoms with E-state index in [1.807, 2.05) is 6.92 Å². The highest BCUT2D eigenvalue weighted by molar-refractivity contribution is 5.99. The maximum absolute atomic E-state index is 11.5. The van der Waals surface area contributed by atoms with Crippen molar-refractivity contribution in [2.24, 2.45) is 0 Å². The Balaban J connectivity index is 3.04. The van der Waals surface area contributed by atoms with E-state index in [-0.39, 0.29) is 17.1 Å². The number of hydrogen-bond donors (Lipinski definition) is 2. The predicted molar refractivity (Wildman–Crippen MR) is 68.6 cm³/mol. The third-order valence-electron chi connectivity index (χ3n) is 2.29. The van der Waals surface area contributed by atoms with Crippen LogP contribution in [-0.4, -0.2) is 31.3 Å². The number of ether oxygens (including phenoxy) is 2. The number of hydrogen-bond acceptors (Lipinski definition) is 6. The molecule has 1 rings (SSSR count). The molecule has 0 atom stereocenters. The topological polar surface area (TPSA) is 84.9 Å². The van der Waals surface area contributed by atoms with Gasteiger partial charge in [-0.3, -0.25) is 0 Å². The van der Waals surface area contributed by atoms with Gasteiger partial charge in [0.05, 0.1) is 26.0 Å². The molecule has 0 saturated carbocycles. The first-order valence-electron chi connectivity index (χ1n) is 5.42. The van der Waals surface area contributed by atoms with Crippen LogP contribution in [0.25, 0.3) is 0 Å². The van der Waals surface area contributed by atoms with Crippen LogP contribution in [0, 0.1) is 6.92 Å². The first-order valence-corrected chi connectivity index (χ1v) is 5.42. The highest BCUT2D eigenvalue weighted by atomic mass is 16.5. The number of rotatable bonds is 4. The maximum Gasteiger partial charge on any atom is 0.354 e. The summed E-state index contributed by atoms with van der Waals surface area (Å²) in [5.74, 6) is -1.50. The van der Waals surface area contributed by atoms with Crippen LogP contribution in [0.15, 0.2) is 30.0 Å². The molecule has 1 aromatic carbocycles. The second-order valence-corrected chi connectivity index (χ2v) is 3.72. The van der Waals surface area contributed by atoms with E-state index in [1.54, 1.807) is 12.1 Å². The molecular weight excluding hydrogens is 250 g/mol. The third kappa shape index (κ3) is 4.02. The van der Waals surface area contributed by atoms with Crippen molar-refractivity contribution in [2.45, 2.75) is 6.92 Å². The number of benzene rings is 1. The van der Waals surface area contributed by atoms with Gasteiger partial charge in [0, 0.05) is 0 Å². The van der Waals surface area contributed by atoms with Gasteiger partial charge in [-0.25, -0.2) is 9.59 Å². The monoisotopic (exact) mass is 265 g/mol. The molecule has 102 valence electrons. The number of nitrogens with one attached hydrogen (secondary N) is 1. The minimum Gasteiger partial charge on any atom is -0.506 e. The molecule has 0 amide bonds. The third-order valence-corrected chi connectivity index (χ3v) is 2.29. The van der Waals surface area contributed by atoms with E-state index in [0.717, 1.165) is 11.6 Å². The fourth-order valence-corrected chi connectivity index (χ4v) is 1.33. The van der Waals surface area contributed by atoms with E-state index in [0.29, 0.717) is 0 Å². The molecule has 0 radical (unpaired) electrons. The van der Waals surface area contributed by atoms with Crippen LogP contribution in [-0.2, 0) is 19.1 Å². The van der Waals surface area contributed by atoms with E-state index in [1.165, 1.54) is 20.3 Å². The Morgan fingerprint density at radius 3 is 2.47 bits per heavy atom. The first kappa shape index (κ1) is 14.6. The second kappa shape index (κ2) is 6.44. The molecule has 0 saturated heterocycles. The summed E-state index contributed by atoms with van der Waals surface area (Å²) in [6, 6.07) is 4.85.